The van der Waals surface area contributed by atoms with Crippen molar-refractivity contribution in [2.24, 2.45) is 0 Å². The van der Waals surface area contributed by atoms with Gasteiger partial charge in [-0.25, -0.2) is 0 Å². The molecule has 0 amide bonds. The lowest BCUT2D eigenvalue weighted by atomic mass is 10.2. The molecule has 2 rings (SSSR count). The molecule has 0 spiro atoms. The lowest BCUT2D eigenvalue weighted by Crippen LogP contribution is -2.02. The molecular formula is C11H8IN3O3. The minimum Gasteiger partial charge on any atom is -0.471 e. The first-order valence-corrected chi connectivity index (χ1v) is 5.99. The Hall–Kier alpha value is -1.95. The summed E-state index contributed by atoms with van der Waals surface area (Å²) in [7, 11) is 0. The van der Waals surface area contributed by atoms with Crippen molar-refractivity contribution < 1.29 is 14.7 Å². The average molecular weight is 357 g/mol. The maximum Gasteiger partial charge on any atom is 0.292 e. The number of hydrogen-bond donors (Lipinski definition) is 1. The van der Waals surface area contributed by atoms with E-state index in [-0.39, 0.29) is 6.61 Å². The van der Waals surface area contributed by atoms with E-state index in [1.165, 1.54) is 12.3 Å². The second-order valence-electron chi connectivity index (χ2n) is 3.27. The Labute approximate surface area is 116 Å². The second kappa shape index (κ2) is 5.59. The quantitative estimate of drug-likeness (QED) is 0.515. The summed E-state index contributed by atoms with van der Waals surface area (Å²) in [4.78, 5) is 0.665. The van der Waals surface area contributed by atoms with Gasteiger partial charge in [-0.3, -0.25) is 0 Å². The number of nitriles is 1. The molecule has 0 saturated heterocycles. The van der Waals surface area contributed by atoms with Crippen LogP contribution in [0.5, 0.6) is 11.6 Å². The zero-order chi connectivity index (χ0) is 13.0. The van der Waals surface area contributed by atoms with Gasteiger partial charge in [-0.2, -0.15) is 0 Å². The van der Waals surface area contributed by atoms with E-state index >= 15 is 0 Å². The van der Waals surface area contributed by atoms with Crippen molar-refractivity contribution >= 4 is 22.6 Å². The standard InChI is InChI=1S/C11H8IN3O3/c12-9-2-1-3-10(18-7-13)8(9)6-17-11-4-5-15(16)14-11/h1-5,16H,6H2. The molecule has 1 aromatic heterocycles. The summed E-state index contributed by atoms with van der Waals surface area (Å²) in [5.41, 5.74) is 0.757. The van der Waals surface area contributed by atoms with Gasteiger partial charge in [-0.05, 0) is 34.7 Å². The summed E-state index contributed by atoms with van der Waals surface area (Å²) >= 11 is 2.13. The van der Waals surface area contributed by atoms with Gasteiger partial charge in [0.1, 0.15) is 12.4 Å². The van der Waals surface area contributed by atoms with E-state index in [0.717, 1.165) is 9.13 Å². The van der Waals surface area contributed by atoms with Crippen LogP contribution in [0, 0.1) is 15.1 Å². The fourth-order valence-electron chi connectivity index (χ4n) is 1.34. The normalized spacial score (nSPS) is 9.78. The highest BCUT2D eigenvalue weighted by molar-refractivity contribution is 14.1. The van der Waals surface area contributed by atoms with Crippen molar-refractivity contribution in [2.45, 2.75) is 6.61 Å². The summed E-state index contributed by atoms with van der Waals surface area (Å²) in [6.45, 7) is 0.202. The Morgan fingerprint density at radius 2 is 2.28 bits per heavy atom. The van der Waals surface area contributed by atoms with Crippen molar-refractivity contribution in [3.63, 3.8) is 0 Å². The number of benzene rings is 1. The SMILES string of the molecule is N#COc1cccc(I)c1COc1ccn(O)n1. The third-order valence-electron chi connectivity index (χ3n) is 2.15. The minimum absolute atomic E-state index is 0.202. The first-order valence-electron chi connectivity index (χ1n) is 4.92. The van der Waals surface area contributed by atoms with Gasteiger partial charge in [0, 0.05) is 15.2 Å². The van der Waals surface area contributed by atoms with Crippen LogP contribution < -0.4 is 9.47 Å². The van der Waals surface area contributed by atoms with Crippen molar-refractivity contribution in [3.05, 3.63) is 39.6 Å². The number of nitrogens with zero attached hydrogens (tertiary/aromatic N) is 3. The van der Waals surface area contributed by atoms with E-state index in [9.17, 15) is 0 Å². The van der Waals surface area contributed by atoms with Crippen LogP contribution in [0.3, 0.4) is 0 Å². The number of ether oxygens (including phenoxy) is 2. The molecule has 0 radical (unpaired) electrons. The highest BCUT2D eigenvalue weighted by Gasteiger charge is 2.10. The number of hydrogen-bond acceptors (Lipinski definition) is 5. The predicted molar refractivity (Wildman–Crippen MR) is 69.1 cm³/mol. The molecule has 0 saturated carbocycles. The summed E-state index contributed by atoms with van der Waals surface area (Å²) in [6.07, 6.45) is 2.99. The Morgan fingerprint density at radius 3 is 2.94 bits per heavy atom. The van der Waals surface area contributed by atoms with Crippen LogP contribution in [-0.4, -0.2) is 15.2 Å². The number of halogens is 1. The smallest absolute Gasteiger partial charge is 0.292 e. The zero-order valence-electron chi connectivity index (χ0n) is 9.08. The Balaban J connectivity index is 2.15. The molecule has 6 nitrogen and oxygen atoms in total. The topological polar surface area (TPSA) is 80.3 Å². The van der Waals surface area contributed by atoms with Gasteiger partial charge < -0.3 is 14.7 Å². The molecule has 1 heterocycles. The van der Waals surface area contributed by atoms with Gasteiger partial charge in [0.2, 0.25) is 5.88 Å². The van der Waals surface area contributed by atoms with Gasteiger partial charge >= 0.3 is 0 Å². The molecule has 1 aromatic carbocycles. The Morgan fingerprint density at radius 1 is 1.44 bits per heavy atom. The lowest BCUT2D eigenvalue weighted by molar-refractivity contribution is 0.141. The molecule has 0 aliphatic heterocycles. The molecule has 0 unspecified atom stereocenters. The Kier molecular flexibility index (Phi) is 3.88. The zero-order valence-corrected chi connectivity index (χ0v) is 11.2. The lowest BCUT2D eigenvalue weighted by Gasteiger charge is -2.08. The average Bonchev–Trinajstić information content (AvgIpc) is 2.75. The summed E-state index contributed by atoms with van der Waals surface area (Å²) in [5, 5.41) is 21.2. The van der Waals surface area contributed by atoms with Crippen LogP contribution in [0.1, 0.15) is 5.56 Å². The van der Waals surface area contributed by atoms with E-state index < -0.39 is 0 Å². The molecule has 0 fully saturated rings. The highest BCUT2D eigenvalue weighted by Crippen LogP contribution is 2.25. The summed E-state index contributed by atoms with van der Waals surface area (Å²) in [5.74, 6) is 0.743. The second-order valence-corrected chi connectivity index (χ2v) is 4.44. The maximum atomic E-state index is 9.00. The van der Waals surface area contributed by atoms with E-state index in [1.54, 1.807) is 18.4 Å². The highest BCUT2D eigenvalue weighted by atomic mass is 127. The van der Waals surface area contributed by atoms with Crippen LogP contribution in [0.2, 0.25) is 0 Å². The first-order chi connectivity index (χ1) is 8.70. The van der Waals surface area contributed by atoms with Crippen LogP contribution in [0.15, 0.2) is 30.5 Å². The van der Waals surface area contributed by atoms with Gasteiger partial charge in [0.25, 0.3) is 6.26 Å². The molecular weight excluding hydrogens is 349 g/mol. The number of aromatic nitrogens is 2. The van der Waals surface area contributed by atoms with Gasteiger partial charge in [-0.15, -0.1) is 10.1 Å². The Bertz CT molecular complexity index is 591. The van der Waals surface area contributed by atoms with Crippen LogP contribution >= 0.6 is 22.6 Å². The van der Waals surface area contributed by atoms with Crippen molar-refractivity contribution in [2.75, 3.05) is 0 Å². The maximum absolute atomic E-state index is 9.00. The number of rotatable bonds is 4. The largest absolute Gasteiger partial charge is 0.471 e. The molecule has 92 valence electrons. The van der Waals surface area contributed by atoms with E-state index in [1.807, 2.05) is 6.07 Å². The molecule has 0 aliphatic carbocycles. The third-order valence-corrected chi connectivity index (χ3v) is 3.16. The van der Waals surface area contributed by atoms with Crippen molar-refractivity contribution in [1.82, 2.24) is 9.94 Å². The van der Waals surface area contributed by atoms with Gasteiger partial charge in [-0.1, -0.05) is 11.2 Å². The molecule has 2 aromatic rings. The van der Waals surface area contributed by atoms with Gasteiger partial charge in [0.05, 0.1) is 6.20 Å². The first kappa shape index (κ1) is 12.5. The van der Waals surface area contributed by atoms with Crippen molar-refractivity contribution in [3.8, 4) is 17.9 Å². The van der Waals surface area contributed by atoms with Crippen LogP contribution in [0.4, 0.5) is 0 Å². The van der Waals surface area contributed by atoms with Gasteiger partial charge in [0.15, 0.2) is 0 Å². The van der Waals surface area contributed by atoms with E-state index in [4.69, 9.17) is 19.9 Å². The molecule has 0 atom stereocenters. The predicted octanol–water partition coefficient (Wildman–Crippen LogP) is 2.16. The third kappa shape index (κ3) is 2.84. The fourth-order valence-corrected chi connectivity index (χ4v) is 1.97. The fraction of sp³-hybridized carbons (Fsp3) is 0.0909. The molecule has 7 heteroatoms. The van der Waals surface area contributed by atoms with Crippen molar-refractivity contribution in [1.29, 1.82) is 5.26 Å². The monoisotopic (exact) mass is 357 g/mol. The van der Waals surface area contributed by atoms with E-state index in [2.05, 4.69) is 27.7 Å². The molecule has 18 heavy (non-hydrogen) atoms. The van der Waals surface area contributed by atoms with Crippen LogP contribution in [-0.2, 0) is 6.61 Å². The summed E-state index contributed by atoms with van der Waals surface area (Å²) < 4.78 is 11.2. The van der Waals surface area contributed by atoms with Crippen LogP contribution in [0.25, 0.3) is 0 Å². The minimum atomic E-state index is 0.202. The van der Waals surface area contributed by atoms with E-state index in [0.29, 0.717) is 16.5 Å². The summed E-state index contributed by atoms with van der Waals surface area (Å²) in [6, 6.07) is 6.89. The molecule has 0 bridgehead atoms. The molecule has 1 N–H and O–H groups in total. The molecule has 0 aliphatic rings.